The van der Waals surface area contributed by atoms with Crippen molar-refractivity contribution in [1.82, 2.24) is 9.78 Å². The number of nitrogens with one attached hydrogen (secondary N) is 1. The summed E-state index contributed by atoms with van der Waals surface area (Å²) in [4.78, 5) is 12.1. The first-order chi connectivity index (χ1) is 14.4. The summed E-state index contributed by atoms with van der Waals surface area (Å²) in [5, 5.41) is 6.41. The molecule has 0 fully saturated rings. The number of aromatic nitrogens is 2. The molecule has 2 heterocycles. The van der Waals surface area contributed by atoms with E-state index in [1.54, 1.807) is 4.68 Å². The predicted molar refractivity (Wildman–Crippen MR) is 117 cm³/mol. The molecule has 9 heteroatoms. The second-order valence-corrected chi connectivity index (χ2v) is 9.15. The van der Waals surface area contributed by atoms with Gasteiger partial charge < -0.3 is 5.73 Å². The average molecular weight is 439 g/mol. The van der Waals surface area contributed by atoms with Crippen molar-refractivity contribution in [3.63, 3.8) is 0 Å². The smallest absolute Gasteiger partial charge is 0.265 e. The van der Waals surface area contributed by atoms with Gasteiger partial charge in [0.15, 0.2) is 0 Å². The molecule has 4 aromatic rings. The molecule has 0 aliphatic heterocycles. The van der Waals surface area contributed by atoms with E-state index in [2.05, 4.69) is 9.82 Å². The number of sulfonamides is 1. The average Bonchev–Trinajstić information content (AvgIpc) is 3.39. The first kappa shape index (κ1) is 19.9. The number of benzene rings is 2. The minimum absolute atomic E-state index is 0.0832. The summed E-state index contributed by atoms with van der Waals surface area (Å²) in [7, 11) is -3.92. The van der Waals surface area contributed by atoms with Gasteiger partial charge in [0.1, 0.15) is 10.6 Å². The van der Waals surface area contributed by atoms with Crippen molar-refractivity contribution in [2.24, 2.45) is 5.73 Å². The van der Waals surface area contributed by atoms with Crippen LogP contribution in [0.25, 0.3) is 10.6 Å². The largest absolute Gasteiger partial charge is 0.366 e. The van der Waals surface area contributed by atoms with E-state index < -0.39 is 15.9 Å². The number of rotatable bonds is 7. The lowest BCUT2D eigenvalue weighted by Gasteiger charge is -2.08. The summed E-state index contributed by atoms with van der Waals surface area (Å²) in [5.41, 5.74) is 7.26. The molecule has 0 radical (unpaired) electrons. The molecule has 2 aromatic heterocycles. The van der Waals surface area contributed by atoms with Crippen LogP contribution in [0.3, 0.4) is 0 Å². The Morgan fingerprint density at radius 2 is 1.77 bits per heavy atom. The number of amides is 1. The van der Waals surface area contributed by atoms with E-state index >= 15 is 0 Å². The van der Waals surface area contributed by atoms with Gasteiger partial charge in [0.05, 0.1) is 11.4 Å². The van der Waals surface area contributed by atoms with Gasteiger partial charge in [0.2, 0.25) is 5.91 Å². The van der Waals surface area contributed by atoms with Gasteiger partial charge in [-0.3, -0.25) is 14.2 Å². The molecule has 3 N–H and O–H groups in total. The fraction of sp³-hybridized carbons (Fsp3) is 0.0476. The van der Waals surface area contributed by atoms with Crippen molar-refractivity contribution >= 4 is 33.0 Å². The number of carbonyl (C=O) groups excluding carboxylic acids is 1. The predicted octanol–water partition coefficient (Wildman–Crippen LogP) is 3.56. The van der Waals surface area contributed by atoms with Gasteiger partial charge in [-0.25, -0.2) is 8.42 Å². The Morgan fingerprint density at radius 1 is 1.03 bits per heavy atom. The highest BCUT2D eigenvalue weighted by atomic mass is 32.2. The SMILES string of the molecule is NC(=O)c1ccc(NS(=O)(=O)c2cn(Cc3ccccc3)nc2-c2cccs2)cc1. The van der Waals surface area contributed by atoms with Crippen molar-refractivity contribution in [2.45, 2.75) is 11.4 Å². The topological polar surface area (TPSA) is 107 Å². The molecule has 0 saturated carbocycles. The van der Waals surface area contributed by atoms with Gasteiger partial charge >= 0.3 is 0 Å². The van der Waals surface area contributed by atoms with Crippen LogP contribution in [0.5, 0.6) is 0 Å². The number of thiophene rings is 1. The highest BCUT2D eigenvalue weighted by Gasteiger charge is 2.24. The molecule has 0 saturated heterocycles. The Hall–Kier alpha value is -3.43. The number of hydrogen-bond acceptors (Lipinski definition) is 5. The van der Waals surface area contributed by atoms with Crippen molar-refractivity contribution in [3.05, 3.63) is 89.4 Å². The van der Waals surface area contributed by atoms with Gasteiger partial charge in [0, 0.05) is 17.4 Å². The van der Waals surface area contributed by atoms with Crippen LogP contribution in [0.15, 0.2) is 83.2 Å². The molecule has 1 amide bonds. The standard InChI is InChI=1S/C21H18N4O3S2/c22-21(26)16-8-10-17(11-9-16)24-30(27,28)19-14-25(13-15-5-2-1-3-6-15)23-20(19)18-7-4-12-29-18/h1-12,14,24H,13H2,(H2,22,26). The Labute approximate surface area is 177 Å². The third-order valence-electron chi connectivity index (χ3n) is 4.38. The molecular weight excluding hydrogens is 420 g/mol. The van der Waals surface area contributed by atoms with E-state index in [1.165, 1.54) is 41.8 Å². The minimum Gasteiger partial charge on any atom is -0.366 e. The monoisotopic (exact) mass is 438 g/mol. The van der Waals surface area contributed by atoms with Gasteiger partial charge in [-0.15, -0.1) is 11.3 Å². The van der Waals surface area contributed by atoms with Crippen molar-refractivity contribution in [3.8, 4) is 10.6 Å². The molecular formula is C21H18N4O3S2. The Morgan fingerprint density at radius 3 is 2.40 bits per heavy atom. The zero-order valence-electron chi connectivity index (χ0n) is 15.7. The first-order valence-corrected chi connectivity index (χ1v) is 11.4. The van der Waals surface area contributed by atoms with E-state index in [0.717, 1.165) is 10.4 Å². The van der Waals surface area contributed by atoms with Crippen LogP contribution >= 0.6 is 11.3 Å². The molecule has 7 nitrogen and oxygen atoms in total. The zero-order valence-corrected chi connectivity index (χ0v) is 17.4. The van der Waals surface area contributed by atoms with E-state index in [1.807, 2.05) is 47.8 Å². The highest BCUT2D eigenvalue weighted by molar-refractivity contribution is 7.92. The van der Waals surface area contributed by atoms with E-state index in [4.69, 9.17) is 5.73 Å². The number of hydrogen-bond donors (Lipinski definition) is 2. The molecule has 2 aromatic carbocycles. The van der Waals surface area contributed by atoms with Crippen molar-refractivity contribution in [2.75, 3.05) is 4.72 Å². The molecule has 0 atom stereocenters. The van der Waals surface area contributed by atoms with Gasteiger partial charge in [-0.1, -0.05) is 36.4 Å². The Balaban J connectivity index is 1.69. The lowest BCUT2D eigenvalue weighted by molar-refractivity contribution is 0.100. The summed E-state index contributed by atoms with van der Waals surface area (Å²) in [6.07, 6.45) is 1.53. The van der Waals surface area contributed by atoms with E-state index in [0.29, 0.717) is 23.5 Å². The molecule has 0 spiro atoms. The lowest BCUT2D eigenvalue weighted by Crippen LogP contribution is -2.14. The molecule has 30 heavy (non-hydrogen) atoms. The van der Waals surface area contributed by atoms with E-state index in [-0.39, 0.29) is 4.90 Å². The van der Waals surface area contributed by atoms with Crippen LogP contribution in [-0.2, 0) is 16.6 Å². The summed E-state index contributed by atoms with van der Waals surface area (Å²) in [5.74, 6) is -0.577. The maximum atomic E-state index is 13.2. The molecule has 4 rings (SSSR count). The van der Waals surface area contributed by atoms with Crippen LogP contribution in [0.4, 0.5) is 5.69 Å². The van der Waals surface area contributed by atoms with Crippen molar-refractivity contribution in [1.29, 1.82) is 0 Å². The second kappa shape index (κ2) is 8.13. The molecule has 0 aliphatic rings. The summed E-state index contributed by atoms with van der Waals surface area (Å²) < 4.78 is 30.5. The minimum atomic E-state index is -3.92. The number of nitrogens with two attached hydrogens (primary N) is 1. The maximum Gasteiger partial charge on any atom is 0.265 e. The van der Waals surface area contributed by atoms with Crippen LogP contribution in [0.1, 0.15) is 15.9 Å². The zero-order chi connectivity index (χ0) is 21.1. The first-order valence-electron chi connectivity index (χ1n) is 9.00. The normalized spacial score (nSPS) is 11.3. The fourth-order valence-corrected chi connectivity index (χ4v) is 4.96. The Kier molecular flexibility index (Phi) is 5.39. The van der Waals surface area contributed by atoms with Gasteiger partial charge in [0.25, 0.3) is 10.0 Å². The summed E-state index contributed by atoms with van der Waals surface area (Å²) >= 11 is 1.42. The maximum absolute atomic E-state index is 13.2. The third-order valence-corrected chi connectivity index (χ3v) is 6.64. The van der Waals surface area contributed by atoms with Crippen LogP contribution < -0.4 is 10.5 Å². The summed E-state index contributed by atoms with van der Waals surface area (Å²) in [6, 6.07) is 19.3. The number of nitrogens with zero attached hydrogens (tertiary/aromatic N) is 2. The summed E-state index contributed by atoms with van der Waals surface area (Å²) in [6.45, 7) is 0.446. The number of primary amides is 1. The van der Waals surface area contributed by atoms with E-state index in [9.17, 15) is 13.2 Å². The molecule has 0 unspecified atom stereocenters. The third kappa shape index (κ3) is 4.27. The second-order valence-electron chi connectivity index (χ2n) is 6.55. The lowest BCUT2D eigenvalue weighted by atomic mass is 10.2. The highest BCUT2D eigenvalue weighted by Crippen LogP contribution is 2.31. The fourth-order valence-electron chi connectivity index (χ4n) is 2.95. The molecule has 0 aliphatic carbocycles. The van der Waals surface area contributed by atoms with Crippen LogP contribution in [0.2, 0.25) is 0 Å². The van der Waals surface area contributed by atoms with Gasteiger partial charge in [-0.2, -0.15) is 5.10 Å². The number of anilines is 1. The number of carbonyl (C=O) groups is 1. The Bertz CT molecular complexity index is 1260. The molecule has 0 bridgehead atoms. The molecule has 152 valence electrons. The van der Waals surface area contributed by atoms with Gasteiger partial charge in [-0.05, 0) is 41.3 Å². The van der Waals surface area contributed by atoms with Crippen LogP contribution in [0, 0.1) is 0 Å². The van der Waals surface area contributed by atoms with Crippen LogP contribution in [-0.4, -0.2) is 24.1 Å². The quantitative estimate of drug-likeness (QED) is 0.460. The van der Waals surface area contributed by atoms with Crippen molar-refractivity contribution < 1.29 is 13.2 Å².